The van der Waals surface area contributed by atoms with E-state index in [9.17, 15) is 9.90 Å². The van der Waals surface area contributed by atoms with Gasteiger partial charge >= 0.3 is 5.97 Å². The molecule has 0 amide bonds. The molecule has 0 heterocycles. The molecule has 3 rings (SSSR count). The Balaban J connectivity index is 2.01. The van der Waals surface area contributed by atoms with Crippen molar-refractivity contribution in [2.24, 2.45) is 0 Å². The number of aryl methyl sites for hydroxylation is 1. The molecule has 0 saturated carbocycles. The molecule has 32 heavy (non-hydrogen) atoms. The third-order valence-electron chi connectivity index (χ3n) is 6.95. The summed E-state index contributed by atoms with van der Waals surface area (Å²) in [5.74, 6) is 1.35. The highest BCUT2D eigenvalue weighted by Crippen LogP contribution is 2.47. The fraction of sp³-hybridized carbons (Fsp3) is 0.483. The first-order chi connectivity index (χ1) is 15.0. The van der Waals surface area contributed by atoms with Crippen LogP contribution in [0.4, 0.5) is 0 Å². The zero-order valence-corrected chi connectivity index (χ0v) is 21.4. The van der Waals surface area contributed by atoms with E-state index >= 15 is 0 Å². The number of carboxylic acid groups (broad SMARTS) is 1. The topological polar surface area (TPSA) is 37.3 Å². The molecular weight excluding hydrogens is 412 g/mol. The van der Waals surface area contributed by atoms with Crippen molar-refractivity contribution in [1.82, 2.24) is 0 Å². The van der Waals surface area contributed by atoms with E-state index < -0.39 is 5.97 Å². The van der Waals surface area contributed by atoms with Gasteiger partial charge < -0.3 is 5.11 Å². The van der Waals surface area contributed by atoms with Gasteiger partial charge in [0.25, 0.3) is 0 Å². The van der Waals surface area contributed by atoms with Crippen molar-refractivity contribution in [1.29, 1.82) is 0 Å². The molecule has 0 unspecified atom stereocenters. The molecule has 0 aliphatic heterocycles. The van der Waals surface area contributed by atoms with E-state index in [0.717, 1.165) is 16.9 Å². The van der Waals surface area contributed by atoms with Crippen molar-refractivity contribution >= 4 is 29.9 Å². The molecule has 0 saturated heterocycles. The first-order valence-corrected chi connectivity index (χ1v) is 13.0. The summed E-state index contributed by atoms with van der Waals surface area (Å²) >= 11 is 2.03. The average molecular weight is 451 g/mol. The average Bonchev–Trinajstić information content (AvgIpc) is 2.73. The molecule has 1 aliphatic carbocycles. The third kappa shape index (κ3) is 5.49. The number of unbranched alkanes of at least 4 members (excludes halogenated alkanes) is 1. The Labute approximate surface area is 198 Å². The Morgan fingerprint density at radius 2 is 1.69 bits per heavy atom. The molecule has 2 nitrogen and oxygen atoms in total. The highest BCUT2D eigenvalue weighted by Gasteiger charge is 2.37. The SMILES string of the molecule is CCCCSCc1cc2c(cc1C=Cc1ccc(C(=O)O)c(C)c1)C(C)(C)CCC2(C)C. The van der Waals surface area contributed by atoms with Crippen LogP contribution in [0.25, 0.3) is 12.2 Å². The van der Waals surface area contributed by atoms with Crippen molar-refractivity contribution in [3.05, 3.63) is 69.3 Å². The maximum atomic E-state index is 11.3. The number of hydrogen-bond donors (Lipinski definition) is 1. The second kappa shape index (κ2) is 9.87. The largest absolute Gasteiger partial charge is 0.478 e. The van der Waals surface area contributed by atoms with Gasteiger partial charge in [0, 0.05) is 5.75 Å². The van der Waals surface area contributed by atoms with E-state index in [-0.39, 0.29) is 10.8 Å². The van der Waals surface area contributed by atoms with Crippen LogP contribution in [0.2, 0.25) is 0 Å². The molecule has 2 aromatic rings. The molecule has 3 heteroatoms. The van der Waals surface area contributed by atoms with Crippen LogP contribution in [-0.2, 0) is 16.6 Å². The molecule has 0 bridgehead atoms. The number of benzene rings is 2. The van der Waals surface area contributed by atoms with Crippen LogP contribution in [0.1, 0.15) is 104 Å². The van der Waals surface area contributed by atoms with Crippen molar-refractivity contribution in [2.75, 3.05) is 5.75 Å². The van der Waals surface area contributed by atoms with E-state index in [2.05, 4.69) is 58.9 Å². The lowest BCUT2D eigenvalue weighted by molar-refractivity contribution is 0.0696. The Morgan fingerprint density at radius 1 is 1.03 bits per heavy atom. The maximum Gasteiger partial charge on any atom is 0.335 e. The van der Waals surface area contributed by atoms with Crippen molar-refractivity contribution in [3.63, 3.8) is 0 Å². The molecule has 0 spiro atoms. The van der Waals surface area contributed by atoms with E-state index in [4.69, 9.17) is 0 Å². The van der Waals surface area contributed by atoms with Crippen LogP contribution in [0.3, 0.4) is 0 Å². The Morgan fingerprint density at radius 3 is 2.28 bits per heavy atom. The predicted octanol–water partition coefficient (Wildman–Crippen LogP) is 8.25. The van der Waals surface area contributed by atoms with Gasteiger partial charge in [-0.25, -0.2) is 4.79 Å². The summed E-state index contributed by atoms with van der Waals surface area (Å²) in [4.78, 5) is 11.3. The summed E-state index contributed by atoms with van der Waals surface area (Å²) in [6.07, 6.45) is 9.27. The minimum absolute atomic E-state index is 0.182. The van der Waals surface area contributed by atoms with Crippen molar-refractivity contribution in [2.45, 2.75) is 83.8 Å². The van der Waals surface area contributed by atoms with Crippen LogP contribution in [0, 0.1) is 6.92 Å². The Bertz CT molecular complexity index is 1010. The summed E-state index contributed by atoms with van der Waals surface area (Å²) in [5.41, 5.74) is 8.28. The third-order valence-corrected chi connectivity index (χ3v) is 8.04. The van der Waals surface area contributed by atoms with Crippen LogP contribution >= 0.6 is 11.8 Å². The molecule has 1 aliphatic rings. The minimum atomic E-state index is -0.871. The standard InChI is InChI=1S/C29H38O2S/c1-7-8-15-32-19-23-18-26-25(28(3,4)13-14-29(26,5)6)17-22(23)11-9-21-10-12-24(27(30)31)20(2)16-21/h9-12,16-18H,7-8,13-15,19H2,1-6H3,(H,30,31). The van der Waals surface area contributed by atoms with Crippen LogP contribution in [0.5, 0.6) is 0 Å². The van der Waals surface area contributed by atoms with Gasteiger partial charge in [-0.3, -0.25) is 0 Å². The highest BCUT2D eigenvalue weighted by molar-refractivity contribution is 7.98. The molecule has 1 N–H and O–H groups in total. The van der Waals surface area contributed by atoms with Crippen molar-refractivity contribution in [3.8, 4) is 0 Å². The summed E-state index contributed by atoms with van der Waals surface area (Å²) in [5, 5.41) is 9.31. The van der Waals surface area contributed by atoms with Crippen LogP contribution in [-0.4, -0.2) is 16.8 Å². The second-order valence-electron chi connectivity index (χ2n) is 10.5. The summed E-state index contributed by atoms with van der Waals surface area (Å²) in [7, 11) is 0. The number of fused-ring (bicyclic) bond motifs is 1. The van der Waals surface area contributed by atoms with Gasteiger partial charge in [0.15, 0.2) is 0 Å². The number of thioether (sulfide) groups is 1. The van der Waals surface area contributed by atoms with E-state index in [0.29, 0.717) is 5.56 Å². The van der Waals surface area contributed by atoms with Gasteiger partial charge in [-0.1, -0.05) is 77.5 Å². The van der Waals surface area contributed by atoms with Crippen LogP contribution in [0.15, 0.2) is 30.3 Å². The summed E-state index contributed by atoms with van der Waals surface area (Å²) in [6.45, 7) is 13.6. The van der Waals surface area contributed by atoms with Gasteiger partial charge in [0.05, 0.1) is 5.56 Å². The van der Waals surface area contributed by atoms with Gasteiger partial charge in [-0.05, 0) is 82.2 Å². The van der Waals surface area contributed by atoms with Gasteiger partial charge in [-0.15, -0.1) is 0 Å². The molecule has 0 atom stereocenters. The Hall–Kier alpha value is -2.00. The zero-order chi connectivity index (χ0) is 23.5. The quantitative estimate of drug-likeness (QED) is 0.325. The second-order valence-corrected chi connectivity index (χ2v) is 11.6. The fourth-order valence-corrected chi connectivity index (χ4v) is 5.71. The lowest BCUT2D eigenvalue weighted by atomic mass is 9.62. The predicted molar refractivity (Wildman–Crippen MR) is 140 cm³/mol. The van der Waals surface area contributed by atoms with E-state index in [1.165, 1.54) is 53.7 Å². The molecule has 0 fully saturated rings. The smallest absolute Gasteiger partial charge is 0.335 e. The number of hydrogen-bond acceptors (Lipinski definition) is 2. The molecule has 0 aromatic heterocycles. The number of carboxylic acids is 1. The maximum absolute atomic E-state index is 11.3. The lowest BCUT2D eigenvalue weighted by Crippen LogP contribution is -2.34. The summed E-state index contributed by atoms with van der Waals surface area (Å²) < 4.78 is 0. The molecular formula is C29H38O2S. The number of aromatic carboxylic acids is 1. The zero-order valence-electron chi connectivity index (χ0n) is 20.5. The highest BCUT2D eigenvalue weighted by atomic mass is 32.2. The van der Waals surface area contributed by atoms with Gasteiger partial charge in [-0.2, -0.15) is 11.8 Å². The molecule has 172 valence electrons. The summed E-state index contributed by atoms with van der Waals surface area (Å²) in [6, 6.07) is 10.5. The van der Waals surface area contributed by atoms with E-state index in [1.54, 1.807) is 6.07 Å². The fourth-order valence-electron chi connectivity index (χ4n) is 4.60. The Kier molecular flexibility index (Phi) is 7.60. The monoisotopic (exact) mass is 450 g/mol. The van der Waals surface area contributed by atoms with Gasteiger partial charge in [0.1, 0.15) is 0 Å². The normalized spacial score (nSPS) is 16.8. The van der Waals surface area contributed by atoms with Gasteiger partial charge in [0.2, 0.25) is 0 Å². The van der Waals surface area contributed by atoms with Crippen molar-refractivity contribution < 1.29 is 9.90 Å². The minimum Gasteiger partial charge on any atom is -0.478 e. The molecule has 0 radical (unpaired) electrons. The first kappa shape index (κ1) is 24.6. The van der Waals surface area contributed by atoms with Crippen LogP contribution < -0.4 is 0 Å². The first-order valence-electron chi connectivity index (χ1n) is 11.8. The molecule has 2 aromatic carbocycles. The number of rotatable bonds is 8. The van der Waals surface area contributed by atoms with E-state index in [1.807, 2.05) is 30.8 Å². The number of carbonyl (C=O) groups is 1. The lowest BCUT2D eigenvalue weighted by Gasteiger charge is -2.42.